The van der Waals surface area contributed by atoms with Crippen molar-refractivity contribution in [2.24, 2.45) is 11.3 Å². The third kappa shape index (κ3) is 1.77. The molecule has 2 aliphatic carbocycles. The molecule has 1 aromatic rings. The fourth-order valence-corrected chi connectivity index (χ4v) is 3.16. The van der Waals surface area contributed by atoms with Gasteiger partial charge in [0.1, 0.15) is 0 Å². The van der Waals surface area contributed by atoms with Gasteiger partial charge in [-0.15, -0.1) is 0 Å². The van der Waals surface area contributed by atoms with Crippen LogP contribution in [0.4, 0.5) is 0 Å². The predicted octanol–water partition coefficient (Wildman–Crippen LogP) is 2.70. The molecule has 2 saturated carbocycles. The van der Waals surface area contributed by atoms with E-state index in [4.69, 9.17) is 9.47 Å². The standard InChI is InChI=1S/C15H19NO2/c1-2-11(14-13(3-1)17-10-18-14)8-16-9-15(6-7-15)12-4-5-12/h1-3,12,16H,4-10H2. The molecule has 3 aliphatic rings. The van der Waals surface area contributed by atoms with Crippen LogP contribution in [-0.2, 0) is 6.54 Å². The van der Waals surface area contributed by atoms with Crippen LogP contribution in [0, 0.1) is 11.3 Å². The Morgan fingerprint density at radius 2 is 2.11 bits per heavy atom. The molecule has 0 bridgehead atoms. The lowest BCUT2D eigenvalue weighted by atomic mass is 10.0. The first kappa shape index (κ1) is 10.7. The van der Waals surface area contributed by atoms with Gasteiger partial charge < -0.3 is 14.8 Å². The van der Waals surface area contributed by atoms with Crippen molar-refractivity contribution in [3.63, 3.8) is 0 Å². The molecule has 0 amide bonds. The highest BCUT2D eigenvalue weighted by atomic mass is 16.7. The van der Waals surface area contributed by atoms with Crippen LogP contribution in [0.25, 0.3) is 0 Å². The Hall–Kier alpha value is -1.22. The summed E-state index contributed by atoms with van der Waals surface area (Å²) in [6.07, 6.45) is 5.77. The molecule has 18 heavy (non-hydrogen) atoms. The van der Waals surface area contributed by atoms with E-state index in [0.29, 0.717) is 12.2 Å². The van der Waals surface area contributed by atoms with Crippen LogP contribution in [0.3, 0.4) is 0 Å². The quantitative estimate of drug-likeness (QED) is 0.865. The van der Waals surface area contributed by atoms with Crippen LogP contribution in [0.15, 0.2) is 18.2 Å². The number of benzene rings is 1. The summed E-state index contributed by atoms with van der Waals surface area (Å²) in [4.78, 5) is 0. The van der Waals surface area contributed by atoms with E-state index in [9.17, 15) is 0 Å². The number of hydrogen-bond acceptors (Lipinski definition) is 3. The van der Waals surface area contributed by atoms with Crippen molar-refractivity contribution in [2.45, 2.75) is 32.2 Å². The second-order valence-corrected chi connectivity index (χ2v) is 5.89. The van der Waals surface area contributed by atoms with Crippen molar-refractivity contribution in [3.05, 3.63) is 23.8 Å². The Balaban J connectivity index is 1.39. The van der Waals surface area contributed by atoms with Gasteiger partial charge in [0, 0.05) is 18.7 Å². The van der Waals surface area contributed by atoms with Crippen molar-refractivity contribution in [1.82, 2.24) is 5.32 Å². The molecular weight excluding hydrogens is 226 g/mol. The third-order valence-electron chi connectivity index (χ3n) is 4.61. The third-order valence-corrected chi connectivity index (χ3v) is 4.61. The molecule has 4 rings (SSSR count). The minimum Gasteiger partial charge on any atom is -0.454 e. The average Bonchev–Trinajstić information content (AvgIpc) is 3.28. The molecule has 1 N–H and O–H groups in total. The normalized spacial score (nSPS) is 23.1. The highest BCUT2D eigenvalue weighted by Gasteiger charge is 2.53. The van der Waals surface area contributed by atoms with Crippen LogP contribution in [0.1, 0.15) is 31.2 Å². The molecule has 0 saturated heterocycles. The Bertz CT molecular complexity index is 464. The monoisotopic (exact) mass is 245 g/mol. The number of fused-ring (bicyclic) bond motifs is 1. The van der Waals surface area contributed by atoms with Crippen LogP contribution in [0.5, 0.6) is 11.5 Å². The zero-order valence-corrected chi connectivity index (χ0v) is 10.6. The van der Waals surface area contributed by atoms with Gasteiger partial charge in [0.05, 0.1) is 0 Å². The maximum atomic E-state index is 5.53. The van der Waals surface area contributed by atoms with Crippen LogP contribution >= 0.6 is 0 Å². The van der Waals surface area contributed by atoms with Gasteiger partial charge >= 0.3 is 0 Å². The largest absolute Gasteiger partial charge is 0.454 e. The number of para-hydroxylation sites is 1. The predicted molar refractivity (Wildman–Crippen MR) is 68.7 cm³/mol. The number of hydrogen-bond donors (Lipinski definition) is 1. The lowest BCUT2D eigenvalue weighted by Crippen LogP contribution is -2.25. The van der Waals surface area contributed by atoms with E-state index in [-0.39, 0.29) is 0 Å². The lowest BCUT2D eigenvalue weighted by molar-refractivity contribution is 0.173. The SMILES string of the molecule is c1cc(CNCC2(C3CC3)CC2)c2c(c1)OCO2. The molecule has 2 fully saturated rings. The van der Waals surface area contributed by atoms with Crippen molar-refractivity contribution in [1.29, 1.82) is 0 Å². The molecule has 0 atom stereocenters. The highest BCUT2D eigenvalue weighted by molar-refractivity contribution is 5.48. The molecular formula is C15H19NO2. The maximum absolute atomic E-state index is 5.53. The van der Waals surface area contributed by atoms with E-state index >= 15 is 0 Å². The molecule has 1 aromatic carbocycles. The summed E-state index contributed by atoms with van der Waals surface area (Å²) in [6, 6.07) is 6.13. The first-order valence-corrected chi connectivity index (χ1v) is 6.96. The molecule has 96 valence electrons. The second kappa shape index (κ2) is 3.89. The summed E-state index contributed by atoms with van der Waals surface area (Å²) in [6.45, 7) is 2.42. The summed E-state index contributed by atoms with van der Waals surface area (Å²) in [5, 5.41) is 3.62. The lowest BCUT2D eigenvalue weighted by Gasteiger charge is -2.15. The number of rotatable bonds is 5. The summed E-state index contributed by atoms with van der Waals surface area (Å²) in [5.74, 6) is 2.84. The molecule has 0 spiro atoms. The Morgan fingerprint density at radius 1 is 1.22 bits per heavy atom. The van der Waals surface area contributed by atoms with Gasteiger partial charge in [0.15, 0.2) is 11.5 Å². The minimum atomic E-state index is 0.359. The minimum absolute atomic E-state index is 0.359. The Labute approximate surface area is 107 Å². The number of nitrogens with one attached hydrogen (secondary N) is 1. The Kier molecular flexibility index (Phi) is 2.31. The average molecular weight is 245 g/mol. The van der Waals surface area contributed by atoms with Crippen molar-refractivity contribution in [3.8, 4) is 11.5 Å². The zero-order valence-electron chi connectivity index (χ0n) is 10.6. The topological polar surface area (TPSA) is 30.5 Å². The highest BCUT2D eigenvalue weighted by Crippen LogP contribution is 2.60. The van der Waals surface area contributed by atoms with Crippen LogP contribution in [0.2, 0.25) is 0 Å². The van der Waals surface area contributed by atoms with Crippen molar-refractivity contribution in [2.75, 3.05) is 13.3 Å². The van der Waals surface area contributed by atoms with Crippen molar-refractivity contribution >= 4 is 0 Å². The van der Waals surface area contributed by atoms with E-state index in [2.05, 4.69) is 11.4 Å². The van der Waals surface area contributed by atoms with Gasteiger partial charge in [-0.2, -0.15) is 0 Å². The maximum Gasteiger partial charge on any atom is 0.231 e. The van der Waals surface area contributed by atoms with Crippen molar-refractivity contribution < 1.29 is 9.47 Å². The molecule has 1 aliphatic heterocycles. The van der Waals surface area contributed by atoms with Crippen LogP contribution in [-0.4, -0.2) is 13.3 Å². The zero-order chi connectivity index (χ0) is 12.0. The van der Waals surface area contributed by atoms with Gasteiger partial charge in [-0.05, 0) is 43.1 Å². The molecule has 3 nitrogen and oxygen atoms in total. The van der Waals surface area contributed by atoms with Gasteiger partial charge in [0.2, 0.25) is 6.79 Å². The number of ether oxygens (including phenoxy) is 2. The van der Waals surface area contributed by atoms with Crippen LogP contribution < -0.4 is 14.8 Å². The smallest absolute Gasteiger partial charge is 0.231 e. The van der Waals surface area contributed by atoms with E-state index in [0.717, 1.165) is 24.0 Å². The van der Waals surface area contributed by atoms with E-state index in [1.807, 2.05) is 12.1 Å². The summed E-state index contributed by atoms with van der Waals surface area (Å²) in [5.41, 5.74) is 1.88. The molecule has 0 unspecified atom stereocenters. The second-order valence-electron chi connectivity index (χ2n) is 5.89. The summed E-state index contributed by atoms with van der Waals surface area (Å²) >= 11 is 0. The first-order valence-electron chi connectivity index (χ1n) is 6.96. The molecule has 1 heterocycles. The summed E-state index contributed by atoms with van der Waals surface area (Å²) in [7, 11) is 0. The van der Waals surface area contributed by atoms with E-state index < -0.39 is 0 Å². The van der Waals surface area contributed by atoms with Gasteiger partial charge in [-0.3, -0.25) is 0 Å². The Morgan fingerprint density at radius 3 is 2.89 bits per heavy atom. The van der Waals surface area contributed by atoms with E-state index in [1.165, 1.54) is 37.8 Å². The van der Waals surface area contributed by atoms with Gasteiger partial charge in [-0.25, -0.2) is 0 Å². The summed E-state index contributed by atoms with van der Waals surface area (Å²) < 4.78 is 10.9. The first-order chi connectivity index (χ1) is 8.87. The molecule has 0 radical (unpaired) electrons. The fourth-order valence-electron chi connectivity index (χ4n) is 3.16. The van der Waals surface area contributed by atoms with Gasteiger partial charge in [0.25, 0.3) is 0 Å². The van der Waals surface area contributed by atoms with E-state index in [1.54, 1.807) is 0 Å². The molecule has 3 heteroatoms. The van der Waals surface area contributed by atoms with Gasteiger partial charge in [-0.1, -0.05) is 12.1 Å². The fraction of sp³-hybridized carbons (Fsp3) is 0.600. The molecule has 0 aromatic heterocycles.